The Morgan fingerprint density at radius 2 is 1.63 bits per heavy atom. The van der Waals surface area contributed by atoms with Gasteiger partial charge in [0.05, 0.1) is 24.3 Å². The van der Waals surface area contributed by atoms with E-state index in [-0.39, 0.29) is 12.2 Å². The lowest BCUT2D eigenvalue weighted by Crippen LogP contribution is -2.81. The summed E-state index contributed by atoms with van der Waals surface area (Å²) in [4.78, 5) is 39.0. The van der Waals surface area contributed by atoms with Crippen molar-refractivity contribution in [1.82, 2.24) is 15.1 Å². The highest BCUT2D eigenvalue weighted by Gasteiger charge is 2.74. The highest BCUT2D eigenvalue weighted by Crippen LogP contribution is 2.47. The number of morpholine rings is 1. The van der Waals surface area contributed by atoms with E-state index in [1.807, 2.05) is 24.3 Å². The van der Waals surface area contributed by atoms with E-state index in [9.17, 15) is 50.1 Å². The summed E-state index contributed by atoms with van der Waals surface area (Å²) in [5.74, 6) is -15.9. The second kappa shape index (κ2) is 11.1. The van der Waals surface area contributed by atoms with Crippen LogP contribution in [0.15, 0.2) is 42.5 Å². The maximum absolute atomic E-state index is 13.3. The van der Waals surface area contributed by atoms with E-state index in [0.717, 1.165) is 43.9 Å². The van der Waals surface area contributed by atoms with Gasteiger partial charge in [-0.3, -0.25) is 19.3 Å². The van der Waals surface area contributed by atoms with Crippen LogP contribution in [-0.4, -0.2) is 114 Å². The van der Waals surface area contributed by atoms with Gasteiger partial charge in [0.2, 0.25) is 0 Å². The molecule has 0 bridgehead atoms. The van der Waals surface area contributed by atoms with Crippen molar-refractivity contribution in [1.29, 1.82) is 0 Å². The third-order valence-corrected chi connectivity index (χ3v) is 7.19. The van der Waals surface area contributed by atoms with Gasteiger partial charge in [-0.2, -0.15) is 0 Å². The van der Waals surface area contributed by atoms with Gasteiger partial charge >= 0.3 is 0 Å². The number of nitrogens with zero attached hydrogens (tertiary/aromatic N) is 2. The lowest BCUT2D eigenvalue weighted by atomic mass is 9.91. The van der Waals surface area contributed by atoms with Gasteiger partial charge in [-0.15, -0.1) is 0 Å². The van der Waals surface area contributed by atoms with Crippen LogP contribution in [0.2, 0.25) is 0 Å². The molecule has 2 aromatic carbocycles. The first-order chi connectivity index (χ1) is 19.2. The molecule has 2 amide bonds. The Bertz CT molecular complexity index is 1310. The number of nitrogens with one attached hydrogen (secondary N) is 2. The molecule has 4 rings (SSSR count). The summed E-state index contributed by atoms with van der Waals surface area (Å²) in [7, 11) is 0.865. The number of benzene rings is 2. The molecule has 0 spiro atoms. The molecule has 9 N–H and O–H groups in total. The first-order valence-corrected chi connectivity index (χ1v) is 12.6. The number of fused-ring (bicyclic) bond motifs is 1. The molecule has 2 heterocycles. The monoisotopic (exact) mass is 576 g/mol. The number of aldehydes is 1. The number of rotatable bonds is 10. The lowest BCUT2D eigenvalue weighted by molar-refractivity contribution is -0.426. The standard InChI is InChI=1S/C26H32N4O11/c1-27-22(33)24(36,26(39,40)23(34,35)15-31)30-21(32)18-3-2-4-19(20(18)25(30,37)38)28-13-16-5-7-17(8-6-16)14-29-9-11-41-12-10-29/h2-8,15,28,34-40H,9-14H2,1H3,(H,27,33). The van der Waals surface area contributed by atoms with Crippen LogP contribution in [0.25, 0.3) is 0 Å². The molecule has 2 aromatic rings. The summed E-state index contributed by atoms with van der Waals surface area (Å²) < 4.78 is 5.36. The highest BCUT2D eigenvalue weighted by atomic mass is 16.6. The van der Waals surface area contributed by atoms with Crippen LogP contribution >= 0.6 is 0 Å². The number of ether oxygens (including phenoxy) is 1. The minimum Gasteiger partial charge on any atom is -0.380 e. The van der Waals surface area contributed by atoms with E-state index in [0.29, 0.717) is 13.2 Å². The Kier molecular flexibility index (Phi) is 8.21. The Morgan fingerprint density at radius 3 is 2.22 bits per heavy atom. The molecular weight excluding hydrogens is 544 g/mol. The second-order valence-corrected chi connectivity index (χ2v) is 9.83. The first kappa shape index (κ1) is 30.4. The summed E-state index contributed by atoms with van der Waals surface area (Å²) in [5, 5.41) is 78.8. The number of likely N-dealkylation sites (N-methyl/N-ethyl adjacent to an activating group) is 1. The van der Waals surface area contributed by atoms with Crippen LogP contribution in [0.4, 0.5) is 5.69 Å². The van der Waals surface area contributed by atoms with Crippen LogP contribution < -0.4 is 10.6 Å². The van der Waals surface area contributed by atoms with Gasteiger partial charge in [0.15, 0.2) is 6.29 Å². The summed E-state index contributed by atoms with van der Waals surface area (Å²) in [6, 6.07) is 11.4. The largest absolute Gasteiger partial charge is 0.380 e. The second-order valence-electron chi connectivity index (χ2n) is 9.83. The Hall–Kier alpha value is -3.51. The number of carbonyl (C=O) groups is 3. The fourth-order valence-corrected chi connectivity index (χ4v) is 4.89. The highest BCUT2D eigenvalue weighted by molar-refractivity contribution is 6.04. The van der Waals surface area contributed by atoms with Gasteiger partial charge in [-0.05, 0) is 23.3 Å². The van der Waals surface area contributed by atoms with Crippen LogP contribution in [-0.2, 0) is 33.3 Å². The molecule has 2 aliphatic rings. The SMILES string of the molecule is CNC(=O)C(O)(N1C(=O)c2cccc(NCc3ccc(CN4CCOCC4)cc3)c2C1(O)O)C(O)(O)C(O)(O)C=O. The van der Waals surface area contributed by atoms with Gasteiger partial charge in [0.25, 0.3) is 35.0 Å². The molecule has 1 saturated heterocycles. The van der Waals surface area contributed by atoms with Crippen molar-refractivity contribution in [2.24, 2.45) is 0 Å². The van der Waals surface area contributed by atoms with Crippen molar-refractivity contribution < 1.29 is 54.9 Å². The van der Waals surface area contributed by atoms with Gasteiger partial charge in [-0.1, -0.05) is 30.3 Å². The third kappa shape index (κ3) is 5.07. The van der Waals surface area contributed by atoms with E-state index < -0.39 is 57.3 Å². The van der Waals surface area contributed by atoms with E-state index in [4.69, 9.17) is 4.74 Å². The molecule has 0 aliphatic carbocycles. The Labute approximate surface area is 233 Å². The quantitative estimate of drug-likeness (QED) is 0.0996. The Morgan fingerprint density at radius 1 is 1.02 bits per heavy atom. The number of hydrogen-bond donors (Lipinski definition) is 9. The summed E-state index contributed by atoms with van der Waals surface area (Å²) >= 11 is 0. The summed E-state index contributed by atoms with van der Waals surface area (Å²) in [6.45, 7) is 3.89. The number of hydrogen-bond acceptors (Lipinski definition) is 13. The topological polar surface area (TPSA) is 233 Å². The zero-order valence-corrected chi connectivity index (χ0v) is 22.0. The normalized spacial score (nSPS) is 18.9. The van der Waals surface area contributed by atoms with E-state index in [1.54, 1.807) is 5.32 Å². The van der Waals surface area contributed by atoms with Crippen molar-refractivity contribution in [3.05, 3.63) is 64.7 Å². The van der Waals surface area contributed by atoms with Crippen LogP contribution in [0, 0.1) is 0 Å². The average Bonchev–Trinajstić information content (AvgIpc) is 3.17. The number of amides is 2. The van der Waals surface area contributed by atoms with Crippen molar-refractivity contribution in [2.75, 3.05) is 38.7 Å². The lowest BCUT2D eigenvalue weighted by Gasteiger charge is -2.48. The van der Waals surface area contributed by atoms with E-state index >= 15 is 0 Å². The van der Waals surface area contributed by atoms with E-state index in [2.05, 4.69) is 10.2 Å². The van der Waals surface area contributed by atoms with Gasteiger partial charge in [0, 0.05) is 38.9 Å². The van der Waals surface area contributed by atoms with Crippen LogP contribution in [0.5, 0.6) is 0 Å². The smallest absolute Gasteiger partial charge is 0.287 e. The molecule has 0 saturated carbocycles. The van der Waals surface area contributed by atoms with Gasteiger partial charge < -0.3 is 51.1 Å². The number of anilines is 1. The first-order valence-electron chi connectivity index (χ1n) is 12.6. The minimum atomic E-state index is -4.56. The molecule has 1 atom stereocenters. The molecule has 15 nitrogen and oxygen atoms in total. The number of carbonyl (C=O) groups excluding carboxylic acids is 3. The van der Waals surface area contributed by atoms with Crippen molar-refractivity contribution in [3.63, 3.8) is 0 Å². The summed E-state index contributed by atoms with van der Waals surface area (Å²) in [6.07, 6.45) is -0.829. The predicted octanol–water partition coefficient (Wildman–Crippen LogP) is -3.32. The Balaban J connectivity index is 1.63. The predicted molar refractivity (Wildman–Crippen MR) is 138 cm³/mol. The zero-order valence-electron chi connectivity index (χ0n) is 22.0. The van der Waals surface area contributed by atoms with Crippen molar-refractivity contribution in [2.45, 2.75) is 36.3 Å². The fourth-order valence-electron chi connectivity index (χ4n) is 4.89. The molecule has 41 heavy (non-hydrogen) atoms. The van der Waals surface area contributed by atoms with Gasteiger partial charge in [0.1, 0.15) is 0 Å². The molecule has 15 heteroatoms. The molecule has 2 aliphatic heterocycles. The molecule has 222 valence electrons. The van der Waals surface area contributed by atoms with Crippen LogP contribution in [0.1, 0.15) is 27.0 Å². The van der Waals surface area contributed by atoms with Gasteiger partial charge in [-0.25, -0.2) is 4.90 Å². The third-order valence-electron chi connectivity index (χ3n) is 7.19. The maximum Gasteiger partial charge on any atom is 0.287 e. The molecule has 0 radical (unpaired) electrons. The van der Waals surface area contributed by atoms with Crippen molar-refractivity contribution >= 4 is 23.8 Å². The molecular formula is C26H32N4O11. The average molecular weight is 577 g/mol. The molecule has 0 aromatic heterocycles. The van der Waals surface area contributed by atoms with E-state index in [1.165, 1.54) is 12.1 Å². The molecule has 1 fully saturated rings. The maximum atomic E-state index is 13.3. The molecule has 1 unspecified atom stereocenters. The number of aliphatic hydroxyl groups is 7. The fraction of sp³-hybridized carbons (Fsp3) is 0.423. The van der Waals surface area contributed by atoms with Crippen molar-refractivity contribution in [3.8, 4) is 0 Å². The van der Waals surface area contributed by atoms with Crippen LogP contribution in [0.3, 0.4) is 0 Å². The minimum absolute atomic E-state index is 0.0453. The zero-order chi connectivity index (χ0) is 30.2. The summed E-state index contributed by atoms with van der Waals surface area (Å²) in [5.41, 5.74) is -3.48.